The Kier molecular flexibility index (Phi) is 4.52. The van der Waals surface area contributed by atoms with Gasteiger partial charge in [0.15, 0.2) is 0 Å². The van der Waals surface area contributed by atoms with Crippen LogP contribution in [0.2, 0.25) is 0 Å². The first kappa shape index (κ1) is 15.0. The molecule has 0 aliphatic heterocycles. The quantitative estimate of drug-likeness (QED) is 0.905. The molecule has 5 heteroatoms. The monoisotopic (exact) mass is 284 g/mol. The Bertz CT molecular complexity index is 615. The molecule has 110 valence electrons. The van der Waals surface area contributed by atoms with E-state index in [0.717, 1.165) is 16.8 Å². The minimum atomic E-state index is -0.254. The summed E-state index contributed by atoms with van der Waals surface area (Å²) in [6, 6.07) is 6.16. The first-order valence-electron chi connectivity index (χ1n) is 6.93. The molecule has 0 aliphatic rings. The summed E-state index contributed by atoms with van der Waals surface area (Å²) in [5.41, 5.74) is 3.17. The fourth-order valence-corrected chi connectivity index (χ4v) is 2.00. The molecule has 1 amide bonds. The molecule has 0 bridgehead atoms. The van der Waals surface area contributed by atoms with Gasteiger partial charge >= 0.3 is 0 Å². The van der Waals surface area contributed by atoms with Crippen molar-refractivity contribution in [3.05, 3.63) is 47.4 Å². The molecule has 1 aromatic heterocycles. The van der Waals surface area contributed by atoms with E-state index in [2.05, 4.69) is 20.6 Å². The average molecular weight is 284 g/mol. The third-order valence-corrected chi connectivity index (χ3v) is 3.04. The molecule has 5 nitrogen and oxygen atoms in total. The zero-order valence-corrected chi connectivity index (χ0v) is 12.8. The highest BCUT2D eigenvalue weighted by molar-refractivity contribution is 6.03. The molecule has 21 heavy (non-hydrogen) atoms. The highest BCUT2D eigenvalue weighted by Gasteiger charge is 2.11. The lowest BCUT2D eigenvalue weighted by Crippen LogP contribution is -2.17. The lowest BCUT2D eigenvalue weighted by Gasteiger charge is -2.11. The molecule has 0 unspecified atom stereocenters. The van der Waals surface area contributed by atoms with Crippen molar-refractivity contribution in [2.45, 2.75) is 33.7 Å². The average Bonchev–Trinajstić information content (AvgIpc) is 2.43. The summed E-state index contributed by atoms with van der Waals surface area (Å²) in [4.78, 5) is 20.6. The lowest BCUT2D eigenvalue weighted by atomic mass is 10.1. The number of hydrogen-bond acceptors (Lipinski definition) is 4. The van der Waals surface area contributed by atoms with Crippen molar-refractivity contribution in [2.75, 3.05) is 10.6 Å². The van der Waals surface area contributed by atoms with E-state index in [4.69, 9.17) is 0 Å². The van der Waals surface area contributed by atoms with Crippen molar-refractivity contribution in [3.8, 4) is 0 Å². The lowest BCUT2D eigenvalue weighted by molar-refractivity contribution is 0.102. The maximum atomic E-state index is 12.2. The molecule has 1 heterocycles. The number of hydrogen-bond donors (Lipinski definition) is 2. The minimum absolute atomic E-state index is 0.254. The highest BCUT2D eigenvalue weighted by atomic mass is 16.1. The maximum Gasteiger partial charge on any atom is 0.275 e. The fraction of sp³-hybridized carbons (Fsp3) is 0.312. The van der Waals surface area contributed by atoms with Gasteiger partial charge in [0, 0.05) is 11.7 Å². The van der Waals surface area contributed by atoms with Gasteiger partial charge in [-0.15, -0.1) is 0 Å². The number of anilines is 2. The van der Waals surface area contributed by atoms with Crippen LogP contribution < -0.4 is 10.6 Å². The molecule has 2 aromatic rings. The molecule has 0 spiro atoms. The molecule has 0 fully saturated rings. The standard InChI is InChI=1S/C16H20N4O/c1-10(2)19-14-9-17-13(8-18-14)16(21)20-15-11(3)6-5-7-12(15)4/h5-10H,1-4H3,(H,18,19)(H,20,21). The second kappa shape index (κ2) is 6.35. The van der Waals surface area contributed by atoms with E-state index in [9.17, 15) is 4.79 Å². The third-order valence-electron chi connectivity index (χ3n) is 3.04. The summed E-state index contributed by atoms with van der Waals surface area (Å²) in [7, 11) is 0. The van der Waals surface area contributed by atoms with E-state index < -0.39 is 0 Å². The van der Waals surface area contributed by atoms with Crippen LogP contribution in [0.15, 0.2) is 30.6 Å². The van der Waals surface area contributed by atoms with Crippen LogP contribution >= 0.6 is 0 Å². The second-order valence-corrected chi connectivity index (χ2v) is 5.31. The number of benzene rings is 1. The third kappa shape index (κ3) is 3.78. The summed E-state index contributed by atoms with van der Waals surface area (Å²) in [5.74, 6) is 0.407. The zero-order chi connectivity index (χ0) is 15.4. The minimum Gasteiger partial charge on any atom is -0.367 e. The molecular weight excluding hydrogens is 264 g/mol. The highest BCUT2D eigenvalue weighted by Crippen LogP contribution is 2.20. The molecular formula is C16H20N4O. The molecule has 0 saturated heterocycles. The molecule has 2 N–H and O–H groups in total. The molecule has 2 rings (SSSR count). The van der Waals surface area contributed by atoms with Crippen LogP contribution in [0.25, 0.3) is 0 Å². The van der Waals surface area contributed by atoms with E-state index in [1.807, 2.05) is 45.9 Å². The number of carbonyl (C=O) groups is 1. The van der Waals surface area contributed by atoms with Gasteiger partial charge < -0.3 is 10.6 Å². The van der Waals surface area contributed by atoms with E-state index in [0.29, 0.717) is 11.5 Å². The summed E-state index contributed by atoms with van der Waals surface area (Å²) in [5, 5.41) is 6.03. The van der Waals surface area contributed by atoms with Crippen molar-refractivity contribution in [3.63, 3.8) is 0 Å². The van der Waals surface area contributed by atoms with Gasteiger partial charge in [-0.3, -0.25) is 4.79 Å². The number of rotatable bonds is 4. The van der Waals surface area contributed by atoms with Crippen LogP contribution in [0.5, 0.6) is 0 Å². The van der Waals surface area contributed by atoms with Crippen LogP contribution in [0.3, 0.4) is 0 Å². The van der Waals surface area contributed by atoms with Crippen LogP contribution in [0, 0.1) is 13.8 Å². The number of amides is 1. The predicted octanol–water partition coefficient (Wildman–Crippen LogP) is 3.17. The fourth-order valence-electron chi connectivity index (χ4n) is 2.00. The van der Waals surface area contributed by atoms with Gasteiger partial charge in [0.05, 0.1) is 12.4 Å². The van der Waals surface area contributed by atoms with Gasteiger partial charge in [-0.2, -0.15) is 0 Å². The molecule has 0 radical (unpaired) electrons. The topological polar surface area (TPSA) is 66.9 Å². The summed E-state index contributed by atoms with van der Waals surface area (Å²) in [6.07, 6.45) is 3.05. The number of nitrogens with zero attached hydrogens (tertiary/aromatic N) is 2. The van der Waals surface area contributed by atoms with Gasteiger partial charge in [0.1, 0.15) is 11.5 Å². The summed E-state index contributed by atoms with van der Waals surface area (Å²) < 4.78 is 0. The Morgan fingerprint density at radius 3 is 2.29 bits per heavy atom. The van der Waals surface area contributed by atoms with E-state index >= 15 is 0 Å². The number of nitrogens with one attached hydrogen (secondary N) is 2. The van der Waals surface area contributed by atoms with Gasteiger partial charge in [0.25, 0.3) is 5.91 Å². The maximum absolute atomic E-state index is 12.2. The zero-order valence-electron chi connectivity index (χ0n) is 12.8. The second-order valence-electron chi connectivity index (χ2n) is 5.31. The predicted molar refractivity (Wildman–Crippen MR) is 84.7 cm³/mol. The number of aromatic nitrogens is 2. The number of para-hydroxylation sites is 1. The Morgan fingerprint density at radius 2 is 1.76 bits per heavy atom. The van der Waals surface area contributed by atoms with Crippen molar-refractivity contribution >= 4 is 17.4 Å². The van der Waals surface area contributed by atoms with E-state index in [1.165, 1.54) is 6.20 Å². The molecule has 1 aromatic carbocycles. The summed E-state index contributed by atoms with van der Waals surface area (Å²) in [6.45, 7) is 7.96. The Balaban J connectivity index is 2.13. The smallest absolute Gasteiger partial charge is 0.275 e. The van der Waals surface area contributed by atoms with Crippen molar-refractivity contribution in [2.24, 2.45) is 0 Å². The van der Waals surface area contributed by atoms with E-state index in [-0.39, 0.29) is 11.9 Å². The summed E-state index contributed by atoms with van der Waals surface area (Å²) >= 11 is 0. The first-order valence-corrected chi connectivity index (χ1v) is 6.93. The van der Waals surface area contributed by atoms with Crippen molar-refractivity contribution in [1.29, 1.82) is 0 Å². The normalized spacial score (nSPS) is 10.5. The first-order chi connectivity index (χ1) is 9.97. The Morgan fingerprint density at radius 1 is 1.10 bits per heavy atom. The Hall–Kier alpha value is -2.43. The van der Waals surface area contributed by atoms with Crippen LogP contribution in [-0.2, 0) is 0 Å². The van der Waals surface area contributed by atoms with Gasteiger partial charge in [-0.25, -0.2) is 9.97 Å². The van der Waals surface area contributed by atoms with Crippen molar-refractivity contribution < 1.29 is 4.79 Å². The largest absolute Gasteiger partial charge is 0.367 e. The van der Waals surface area contributed by atoms with E-state index in [1.54, 1.807) is 6.20 Å². The SMILES string of the molecule is Cc1cccc(C)c1NC(=O)c1cnc(NC(C)C)cn1. The van der Waals surface area contributed by atoms with Gasteiger partial charge in [-0.05, 0) is 38.8 Å². The van der Waals surface area contributed by atoms with Crippen molar-refractivity contribution in [1.82, 2.24) is 9.97 Å². The van der Waals surface area contributed by atoms with Crippen LogP contribution in [0.4, 0.5) is 11.5 Å². The molecule has 0 aliphatic carbocycles. The Labute approximate surface area is 124 Å². The van der Waals surface area contributed by atoms with Crippen LogP contribution in [0.1, 0.15) is 35.5 Å². The molecule has 0 saturated carbocycles. The number of carbonyl (C=O) groups excluding carboxylic acids is 1. The number of aryl methyl sites for hydroxylation is 2. The molecule has 0 atom stereocenters. The van der Waals surface area contributed by atoms with Gasteiger partial charge in [-0.1, -0.05) is 18.2 Å². The van der Waals surface area contributed by atoms with Gasteiger partial charge in [0.2, 0.25) is 0 Å². The van der Waals surface area contributed by atoms with Crippen LogP contribution in [-0.4, -0.2) is 21.9 Å².